The molecule has 1 aliphatic heterocycles. The van der Waals surface area contributed by atoms with E-state index in [1.54, 1.807) is 0 Å². The van der Waals surface area contributed by atoms with E-state index < -0.39 is 24.0 Å². The van der Waals surface area contributed by atoms with Gasteiger partial charge in [0.15, 0.2) is 0 Å². The first kappa shape index (κ1) is 18.0. The normalized spacial score (nSPS) is 18.8. The molecule has 6 heteroatoms. The number of aliphatic carboxylic acids is 1. The van der Waals surface area contributed by atoms with E-state index in [9.17, 15) is 19.5 Å². The zero-order chi connectivity index (χ0) is 17.9. The molecule has 0 spiro atoms. The van der Waals surface area contributed by atoms with Crippen LogP contribution in [0.25, 0.3) is 0 Å². The second-order valence-electron chi connectivity index (χ2n) is 7.21. The maximum absolute atomic E-state index is 12.1. The van der Waals surface area contributed by atoms with Crippen LogP contribution in [0.5, 0.6) is 0 Å². The molecule has 130 valence electrons. The molecule has 0 radical (unpaired) electrons. The molecule has 0 bridgehead atoms. The van der Waals surface area contributed by atoms with Crippen LogP contribution in [0.15, 0.2) is 24.3 Å². The molecule has 1 saturated heterocycles. The fourth-order valence-electron chi connectivity index (χ4n) is 2.66. The van der Waals surface area contributed by atoms with Crippen LogP contribution in [0.3, 0.4) is 0 Å². The molecule has 1 aliphatic rings. The summed E-state index contributed by atoms with van der Waals surface area (Å²) in [7, 11) is 0. The number of carbonyl (C=O) groups excluding carboxylic acids is 2. The van der Waals surface area contributed by atoms with Gasteiger partial charge < -0.3 is 15.7 Å². The average molecular weight is 332 g/mol. The second kappa shape index (κ2) is 7.03. The summed E-state index contributed by atoms with van der Waals surface area (Å²) in [4.78, 5) is 34.7. The van der Waals surface area contributed by atoms with Gasteiger partial charge in [0.2, 0.25) is 11.8 Å². The van der Waals surface area contributed by atoms with Crippen molar-refractivity contribution in [2.24, 2.45) is 0 Å². The topological polar surface area (TPSA) is 95.5 Å². The number of carbonyl (C=O) groups is 3. The lowest BCUT2D eigenvalue weighted by Crippen LogP contribution is -2.49. The van der Waals surface area contributed by atoms with Crippen molar-refractivity contribution in [3.8, 4) is 0 Å². The molecule has 6 nitrogen and oxygen atoms in total. The van der Waals surface area contributed by atoms with Crippen molar-refractivity contribution in [2.45, 2.75) is 57.5 Å². The van der Waals surface area contributed by atoms with Crippen molar-refractivity contribution in [3.05, 3.63) is 35.4 Å². The predicted molar refractivity (Wildman–Crippen MR) is 89.6 cm³/mol. The standard InChI is InChI=1S/C18H24N2O4/c1-18(2,3)12-6-4-11(5-7-12)10-14(17(23)24)20-16(22)13-8-9-15(21)19-13/h4-7,13-14H,8-10H2,1-3H3,(H,19,21)(H,20,22)(H,23,24)/t13-,14-/m1/s1. The van der Waals surface area contributed by atoms with Crippen LogP contribution in [0.2, 0.25) is 0 Å². The highest BCUT2D eigenvalue weighted by atomic mass is 16.4. The first-order chi connectivity index (χ1) is 11.2. The summed E-state index contributed by atoms with van der Waals surface area (Å²) in [5, 5.41) is 14.4. The quantitative estimate of drug-likeness (QED) is 0.759. The molecule has 1 fully saturated rings. The molecule has 0 aliphatic carbocycles. The number of hydrogen-bond donors (Lipinski definition) is 3. The number of hydrogen-bond acceptors (Lipinski definition) is 3. The Bertz CT molecular complexity index is 631. The highest BCUT2D eigenvalue weighted by Gasteiger charge is 2.30. The van der Waals surface area contributed by atoms with Crippen LogP contribution in [0, 0.1) is 0 Å². The number of amides is 2. The highest BCUT2D eigenvalue weighted by Crippen LogP contribution is 2.22. The van der Waals surface area contributed by atoms with E-state index >= 15 is 0 Å². The third kappa shape index (κ3) is 4.57. The van der Waals surface area contributed by atoms with Crippen molar-refractivity contribution in [1.29, 1.82) is 0 Å². The Hall–Kier alpha value is -2.37. The van der Waals surface area contributed by atoms with E-state index in [0.29, 0.717) is 12.8 Å². The lowest BCUT2D eigenvalue weighted by atomic mass is 9.86. The van der Waals surface area contributed by atoms with Crippen LogP contribution < -0.4 is 10.6 Å². The lowest BCUT2D eigenvalue weighted by Gasteiger charge is -2.20. The van der Waals surface area contributed by atoms with Gasteiger partial charge in [0, 0.05) is 12.8 Å². The maximum atomic E-state index is 12.1. The minimum atomic E-state index is -1.09. The Morgan fingerprint density at radius 1 is 1.29 bits per heavy atom. The Balaban J connectivity index is 2.02. The van der Waals surface area contributed by atoms with Gasteiger partial charge in [0.1, 0.15) is 12.1 Å². The molecule has 3 N–H and O–H groups in total. The van der Waals surface area contributed by atoms with Crippen LogP contribution in [0.4, 0.5) is 0 Å². The van der Waals surface area contributed by atoms with Crippen LogP contribution in [-0.4, -0.2) is 35.0 Å². The molecular formula is C18H24N2O4. The molecular weight excluding hydrogens is 308 g/mol. The highest BCUT2D eigenvalue weighted by molar-refractivity contribution is 5.92. The smallest absolute Gasteiger partial charge is 0.326 e. The average Bonchev–Trinajstić information content (AvgIpc) is 2.92. The Morgan fingerprint density at radius 3 is 2.38 bits per heavy atom. The zero-order valence-corrected chi connectivity index (χ0v) is 14.3. The molecule has 1 heterocycles. The summed E-state index contributed by atoms with van der Waals surface area (Å²) < 4.78 is 0. The van der Waals surface area contributed by atoms with Crippen molar-refractivity contribution in [2.75, 3.05) is 0 Å². The molecule has 2 rings (SSSR count). The Kier molecular flexibility index (Phi) is 5.26. The predicted octanol–water partition coefficient (Wildman–Crippen LogP) is 1.37. The summed E-state index contributed by atoms with van der Waals surface area (Å²) in [5.41, 5.74) is 2.03. The van der Waals surface area contributed by atoms with Gasteiger partial charge in [-0.05, 0) is 23.0 Å². The molecule has 2 atom stereocenters. The van der Waals surface area contributed by atoms with Gasteiger partial charge in [-0.1, -0.05) is 45.0 Å². The Morgan fingerprint density at radius 2 is 1.92 bits per heavy atom. The van der Waals surface area contributed by atoms with Crippen molar-refractivity contribution in [1.82, 2.24) is 10.6 Å². The van der Waals surface area contributed by atoms with Gasteiger partial charge in [-0.3, -0.25) is 9.59 Å². The van der Waals surface area contributed by atoms with Gasteiger partial charge >= 0.3 is 5.97 Å². The van der Waals surface area contributed by atoms with E-state index in [1.807, 2.05) is 24.3 Å². The molecule has 24 heavy (non-hydrogen) atoms. The zero-order valence-electron chi connectivity index (χ0n) is 14.3. The van der Waals surface area contributed by atoms with Crippen molar-refractivity contribution < 1.29 is 19.5 Å². The molecule has 0 unspecified atom stereocenters. The molecule has 2 amide bonds. The third-order valence-electron chi connectivity index (χ3n) is 4.19. The largest absolute Gasteiger partial charge is 0.480 e. The van der Waals surface area contributed by atoms with E-state index in [1.165, 1.54) is 0 Å². The minimum Gasteiger partial charge on any atom is -0.480 e. The van der Waals surface area contributed by atoms with Crippen LogP contribution >= 0.6 is 0 Å². The van der Waals surface area contributed by atoms with Crippen molar-refractivity contribution in [3.63, 3.8) is 0 Å². The number of rotatable bonds is 5. The van der Waals surface area contributed by atoms with Gasteiger partial charge in [-0.25, -0.2) is 4.79 Å². The molecule has 1 aromatic rings. The molecule has 0 saturated carbocycles. The van der Waals surface area contributed by atoms with Gasteiger partial charge in [-0.2, -0.15) is 0 Å². The molecule has 1 aromatic carbocycles. The maximum Gasteiger partial charge on any atom is 0.326 e. The summed E-state index contributed by atoms with van der Waals surface area (Å²) in [6.45, 7) is 6.33. The molecule has 0 aromatic heterocycles. The summed E-state index contributed by atoms with van der Waals surface area (Å²) in [5.74, 6) is -1.72. The number of benzene rings is 1. The lowest BCUT2D eigenvalue weighted by molar-refractivity contribution is -0.142. The first-order valence-electron chi connectivity index (χ1n) is 8.09. The van der Waals surface area contributed by atoms with Gasteiger partial charge in [-0.15, -0.1) is 0 Å². The Labute approximate surface area is 141 Å². The van der Waals surface area contributed by atoms with Gasteiger partial charge in [0.05, 0.1) is 0 Å². The fourth-order valence-corrected chi connectivity index (χ4v) is 2.66. The summed E-state index contributed by atoms with van der Waals surface area (Å²) >= 11 is 0. The van der Waals surface area contributed by atoms with E-state index in [-0.39, 0.29) is 17.7 Å². The number of nitrogens with one attached hydrogen (secondary N) is 2. The van der Waals surface area contributed by atoms with E-state index in [4.69, 9.17) is 0 Å². The summed E-state index contributed by atoms with van der Waals surface area (Å²) in [6, 6.07) is 6.08. The van der Waals surface area contributed by atoms with E-state index in [2.05, 4.69) is 31.4 Å². The number of carboxylic acids is 1. The SMILES string of the molecule is CC(C)(C)c1ccc(C[C@@H](NC(=O)[C@H]2CCC(=O)N2)C(=O)O)cc1. The summed E-state index contributed by atoms with van der Waals surface area (Å²) in [6.07, 6.45) is 0.896. The van der Waals surface area contributed by atoms with Crippen LogP contribution in [0.1, 0.15) is 44.7 Å². The van der Waals surface area contributed by atoms with E-state index in [0.717, 1.165) is 11.1 Å². The first-order valence-corrected chi connectivity index (χ1v) is 8.09. The van der Waals surface area contributed by atoms with Crippen LogP contribution in [-0.2, 0) is 26.2 Å². The fraction of sp³-hybridized carbons (Fsp3) is 0.500. The number of carboxylic acid groups (broad SMARTS) is 1. The third-order valence-corrected chi connectivity index (χ3v) is 4.19. The minimum absolute atomic E-state index is 0.0274. The second-order valence-corrected chi connectivity index (χ2v) is 7.21. The van der Waals surface area contributed by atoms with Crippen molar-refractivity contribution >= 4 is 17.8 Å². The van der Waals surface area contributed by atoms with Gasteiger partial charge in [0.25, 0.3) is 0 Å². The monoisotopic (exact) mass is 332 g/mol.